The summed E-state index contributed by atoms with van der Waals surface area (Å²) in [6, 6.07) is 1.90. The molecule has 0 N–H and O–H groups in total. The highest BCUT2D eigenvalue weighted by atomic mass is 16.6. The maximum absolute atomic E-state index is 12.9. The lowest BCUT2D eigenvalue weighted by molar-refractivity contribution is -0.169. The van der Waals surface area contributed by atoms with Crippen molar-refractivity contribution in [2.24, 2.45) is 23.2 Å². The first-order valence-corrected chi connectivity index (χ1v) is 9.13. The molecule has 3 aliphatic heterocycles. The van der Waals surface area contributed by atoms with Crippen LogP contribution in [0.3, 0.4) is 0 Å². The number of ether oxygens (including phenoxy) is 3. The summed E-state index contributed by atoms with van der Waals surface area (Å²) in [6.45, 7) is 2.16. The molecule has 4 heterocycles. The van der Waals surface area contributed by atoms with Gasteiger partial charge in [-0.1, -0.05) is 6.92 Å². The zero-order valence-corrected chi connectivity index (χ0v) is 14.0. The molecular weight excluding hydrogens is 324 g/mol. The van der Waals surface area contributed by atoms with E-state index in [1.165, 1.54) is 0 Å². The quantitative estimate of drug-likeness (QED) is 0.728. The van der Waals surface area contributed by atoms with Crippen molar-refractivity contribution in [1.29, 1.82) is 0 Å². The van der Waals surface area contributed by atoms with Crippen LogP contribution in [0.5, 0.6) is 0 Å². The van der Waals surface area contributed by atoms with Gasteiger partial charge in [0.2, 0.25) is 0 Å². The van der Waals surface area contributed by atoms with Crippen molar-refractivity contribution in [2.75, 3.05) is 0 Å². The van der Waals surface area contributed by atoms with E-state index in [0.717, 1.165) is 24.8 Å². The smallest absolute Gasteiger partial charge is 0.339 e. The zero-order chi connectivity index (χ0) is 17.0. The third kappa shape index (κ3) is 1.52. The Morgan fingerprint density at radius 1 is 1.16 bits per heavy atom. The molecule has 6 rings (SSSR count). The number of hydrogen-bond acceptors (Lipinski definition) is 6. The van der Waals surface area contributed by atoms with Crippen molar-refractivity contribution in [3.63, 3.8) is 0 Å². The van der Waals surface area contributed by atoms with Crippen LogP contribution in [0, 0.1) is 23.2 Å². The van der Waals surface area contributed by atoms with E-state index >= 15 is 0 Å². The van der Waals surface area contributed by atoms with E-state index in [0.29, 0.717) is 6.42 Å². The minimum absolute atomic E-state index is 0.0202. The molecule has 5 fully saturated rings. The lowest BCUT2D eigenvalue weighted by Crippen LogP contribution is -2.59. The van der Waals surface area contributed by atoms with Gasteiger partial charge in [0.05, 0.1) is 24.5 Å². The predicted molar refractivity (Wildman–Crippen MR) is 82.1 cm³/mol. The highest BCUT2D eigenvalue weighted by molar-refractivity contribution is 5.85. The Kier molecular flexibility index (Phi) is 2.46. The number of carbonyl (C=O) groups is 2. The van der Waals surface area contributed by atoms with Gasteiger partial charge in [-0.2, -0.15) is 0 Å². The molecule has 6 nitrogen and oxygen atoms in total. The van der Waals surface area contributed by atoms with Crippen molar-refractivity contribution in [3.8, 4) is 0 Å². The Morgan fingerprint density at radius 3 is 2.84 bits per heavy atom. The van der Waals surface area contributed by atoms with Gasteiger partial charge in [0.25, 0.3) is 0 Å². The molecule has 0 radical (unpaired) electrons. The normalized spacial score (nSPS) is 52.5. The molecule has 1 spiro atoms. The lowest BCUT2D eigenvalue weighted by atomic mass is 9.49. The molecule has 0 aromatic carbocycles. The van der Waals surface area contributed by atoms with Gasteiger partial charge in [0.1, 0.15) is 12.2 Å². The van der Waals surface area contributed by atoms with Gasteiger partial charge in [-0.05, 0) is 31.2 Å². The molecule has 1 aromatic rings. The molecule has 5 aliphatic rings. The Hall–Kier alpha value is -1.82. The minimum atomic E-state index is -0.902. The van der Waals surface area contributed by atoms with Crippen LogP contribution in [-0.4, -0.2) is 29.7 Å². The van der Waals surface area contributed by atoms with Crippen LogP contribution in [0.4, 0.5) is 0 Å². The van der Waals surface area contributed by atoms with E-state index in [9.17, 15) is 9.59 Å². The fourth-order valence-electron chi connectivity index (χ4n) is 6.54. The summed E-state index contributed by atoms with van der Waals surface area (Å²) >= 11 is 0. The molecule has 2 saturated carbocycles. The molecular formula is C19H20O6. The van der Waals surface area contributed by atoms with Crippen molar-refractivity contribution in [1.82, 2.24) is 0 Å². The molecule has 25 heavy (non-hydrogen) atoms. The van der Waals surface area contributed by atoms with Crippen LogP contribution in [-0.2, 0) is 23.8 Å². The Labute approximate surface area is 144 Å². The second-order valence-corrected chi connectivity index (χ2v) is 8.58. The fourth-order valence-corrected chi connectivity index (χ4v) is 6.54. The van der Waals surface area contributed by atoms with E-state index in [1.54, 1.807) is 12.5 Å². The van der Waals surface area contributed by atoms with Crippen LogP contribution < -0.4 is 0 Å². The largest absolute Gasteiger partial charge is 0.472 e. The number of hydrogen-bond donors (Lipinski definition) is 0. The first-order valence-electron chi connectivity index (χ1n) is 9.13. The predicted octanol–water partition coefficient (Wildman–Crippen LogP) is 2.38. The molecule has 0 amide bonds. The second-order valence-electron chi connectivity index (χ2n) is 8.58. The van der Waals surface area contributed by atoms with Gasteiger partial charge >= 0.3 is 11.9 Å². The number of rotatable bonds is 1. The van der Waals surface area contributed by atoms with Crippen molar-refractivity contribution in [3.05, 3.63) is 24.2 Å². The highest BCUT2D eigenvalue weighted by Crippen LogP contribution is 2.69. The number of furan rings is 1. The SMILES string of the molecule is C[C@@]12C[C@H](c3ccoc3)O[C@@]13C[C@H](OC3=O)C1[C@H]2C[C@@H]2C[C@H]1C(=O)O2. The minimum Gasteiger partial charge on any atom is -0.472 e. The summed E-state index contributed by atoms with van der Waals surface area (Å²) in [5.74, 6) is -0.235. The Morgan fingerprint density at radius 2 is 2.04 bits per heavy atom. The summed E-state index contributed by atoms with van der Waals surface area (Å²) in [6.07, 6.45) is 5.75. The van der Waals surface area contributed by atoms with Crippen LogP contribution in [0.15, 0.2) is 23.0 Å². The monoisotopic (exact) mass is 344 g/mol. The summed E-state index contributed by atoms with van der Waals surface area (Å²) < 4.78 is 23.0. The van der Waals surface area contributed by atoms with Gasteiger partial charge in [-0.3, -0.25) is 4.79 Å². The fraction of sp³-hybridized carbons (Fsp3) is 0.684. The van der Waals surface area contributed by atoms with Crippen LogP contribution in [0.25, 0.3) is 0 Å². The third-order valence-electron chi connectivity index (χ3n) is 7.66. The molecule has 2 aliphatic carbocycles. The van der Waals surface area contributed by atoms with Gasteiger partial charge in [0, 0.05) is 23.3 Å². The average molecular weight is 344 g/mol. The van der Waals surface area contributed by atoms with Crippen molar-refractivity contribution in [2.45, 2.75) is 56.5 Å². The molecule has 3 saturated heterocycles. The number of carbonyl (C=O) groups excluding carboxylic acids is 2. The first kappa shape index (κ1) is 14.4. The van der Waals surface area contributed by atoms with E-state index in [4.69, 9.17) is 18.6 Å². The highest BCUT2D eigenvalue weighted by Gasteiger charge is 2.76. The lowest BCUT2D eigenvalue weighted by Gasteiger charge is -2.51. The zero-order valence-electron chi connectivity index (χ0n) is 14.0. The van der Waals surface area contributed by atoms with Crippen LogP contribution in [0.1, 0.15) is 44.3 Å². The molecule has 8 atom stereocenters. The summed E-state index contributed by atoms with van der Waals surface area (Å²) in [5.41, 5.74) is -0.293. The third-order valence-corrected chi connectivity index (χ3v) is 7.66. The molecule has 132 valence electrons. The average Bonchev–Trinajstić information content (AvgIpc) is 3.31. The topological polar surface area (TPSA) is 75.0 Å². The van der Waals surface area contributed by atoms with E-state index in [1.807, 2.05) is 6.07 Å². The molecule has 1 unspecified atom stereocenters. The van der Waals surface area contributed by atoms with Crippen molar-refractivity contribution >= 4 is 11.9 Å². The van der Waals surface area contributed by atoms with Gasteiger partial charge in [0.15, 0.2) is 5.60 Å². The Bertz CT molecular complexity index is 771. The summed E-state index contributed by atoms with van der Waals surface area (Å²) in [5, 5.41) is 0. The molecule has 6 heteroatoms. The van der Waals surface area contributed by atoms with E-state index in [-0.39, 0.29) is 53.4 Å². The maximum Gasteiger partial charge on any atom is 0.339 e. The molecule has 1 aromatic heterocycles. The van der Waals surface area contributed by atoms with E-state index in [2.05, 4.69) is 6.92 Å². The first-order chi connectivity index (χ1) is 12.0. The van der Waals surface area contributed by atoms with Gasteiger partial charge < -0.3 is 18.6 Å². The number of esters is 2. The van der Waals surface area contributed by atoms with E-state index < -0.39 is 5.60 Å². The Balaban J connectivity index is 1.48. The van der Waals surface area contributed by atoms with Crippen LogP contribution in [0.2, 0.25) is 0 Å². The molecule has 4 bridgehead atoms. The number of fused-ring (bicyclic) bond motifs is 7. The standard InChI is InChI=1S/C19H20O6/c1-18-6-13(9-2-3-22-8-9)25-19(18)7-14(24-17(19)21)15-11-4-10(5-12(15)18)23-16(11)20/h2-3,8,10-15H,4-7H2,1H3/t10-,11+,12+,13+,14-,15?,18-,19+/m0/s1. The summed E-state index contributed by atoms with van der Waals surface area (Å²) in [4.78, 5) is 25.2. The van der Waals surface area contributed by atoms with Crippen LogP contribution >= 0.6 is 0 Å². The van der Waals surface area contributed by atoms with Gasteiger partial charge in [-0.25, -0.2) is 4.79 Å². The maximum atomic E-state index is 12.9. The van der Waals surface area contributed by atoms with Gasteiger partial charge in [-0.15, -0.1) is 0 Å². The summed E-state index contributed by atoms with van der Waals surface area (Å²) in [7, 11) is 0. The van der Waals surface area contributed by atoms with Crippen molar-refractivity contribution < 1.29 is 28.2 Å². The second kappa shape index (κ2) is 4.29.